The van der Waals surface area contributed by atoms with E-state index < -0.39 is 17.6 Å². The molecule has 3 unspecified atom stereocenters. The third-order valence-corrected chi connectivity index (χ3v) is 13.2. The van der Waals surface area contributed by atoms with Crippen molar-refractivity contribution in [2.45, 2.75) is 99.1 Å². The maximum absolute atomic E-state index is 6.46. The zero-order chi connectivity index (χ0) is 26.3. The third-order valence-electron chi connectivity index (χ3n) is 5.96. The van der Waals surface area contributed by atoms with Gasteiger partial charge in [0.1, 0.15) is 0 Å². The molecule has 1 aromatic rings. The Morgan fingerprint density at radius 1 is 0.629 bits per heavy atom. The van der Waals surface area contributed by atoms with E-state index in [2.05, 4.69) is 35.2 Å². The lowest BCUT2D eigenvalue weighted by molar-refractivity contribution is -0.0276. The smallest absolute Gasteiger partial charge is 0.373 e. The first-order chi connectivity index (χ1) is 16.9. The van der Waals surface area contributed by atoms with Crippen LogP contribution in [0.25, 0.3) is 0 Å². The number of imidazole rings is 1. The summed E-state index contributed by atoms with van der Waals surface area (Å²) >= 11 is 0. The highest BCUT2D eigenvalue weighted by Gasteiger charge is 2.60. The van der Waals surface area contributed by atoms with Crippen LogP contribution in [0.4, 0.5) is 0 Å². The highest BCUT2D eigenvalue weighted by Crippen LogP contribution is 2.36. The number of hydrogen-bond donors (Lipinski definition) is 0. The Hall–Kier alpha value is -0.636. The van der Waals surface area contributed by atoms with Crippen LogP contribution >= 0.6 is 0 Å². The van der Waals surface area contributed by atoms with Crippen molar-refractivity contribution in [2.24, 2.45) is 0 Å². The van der Waals surface area contributed by atoms with Crippen molar-refractivity contribution in [3.05, 3.63) is 18.7 Å². The fourth-order valence-electron chi connectivity index (χ4n) is 4.98. The Bertz CT molecular complexity index is 587. The first kappa shape index (κ1) is 32.4. The first-order valence-electron chi connectivity index (χ1n) is 13.5. The number of hydrogen-bond acceptors (Lipinski definition) is 8. The molecule has 0 aromatic carbocycles. The van der Waals surface area contributed by atoms with Crippen molar-refractivity contribution in [1.82, 2.24) is 14.5 Å². The Morgan fingerprint density at radius 3 is 1.23 bits per heavy atom. The molecule has 0 radical (unpaired) electrons. The van der Waals surface area contributed by atoms with Crippen molar-refractivity contribution in [2.75, 3.05) is 39.6 Å². The van der Waals surface area contributed by atoms with E-state index in [4.69, 9.17) is 26.6 Å². The molecule has 0 amide bonds. The van der Waals surface area contributed by atoms with Gasteiger partial charge in [-0.1, -0.05) is 20.8 Å². The van der Waals surface area contributed by atoms with Gasteiger partial charge in [-0.25, -0.2) is 4.98 Å². The number of nitrogens with zero attached hydrogens (tertiary/aromatic N) is 3. The quantitative estimate of drug-likeness (QED) is 0.208. The van der Waals surface area contributed by atoms with E-state index in [1.807, 2.05) is 60.3 Å². The van der Waals surface area contributed by atoms with Gasteiger partial charge in [-0.2, -0.15) is 0 Å². The summed E-state index contributed by atoms with van der Waals surface area (Å²) in [7, 11) is -6.32. The van der Waals surface area contributed by atoms with Gasteiger partial charge < -0.3 is 31.1 Å². The van der Waals surface area contributed by atoms with Crippen LogP contribution in [0, 0.1) is 0 Å². The first-order valence-corrected chi connectivity index (χ1v) is 17.1. The van der Waals surface area contributed by atoms with Gasteiger partial charge in [0.15, 0.2) is 0 Å². The van der Waals surface area contributed by atoms with Gasteiger partial charge in [0.05, 0.1) is 23.8 Å². The third kappa shape index (κ3) is 7.92. The Kier molecular flexibility index (Phi) is 15.7. The lowest BCUT2D eigenvalue weighted by Crippen LogP contribution is -2.71. The van der Waals surface area contributed by atoms with Gasteiger partial charge in [0.2, 0.25) is 0 Å². The van der Waals surface area contributed by atoms with Crippen LogP contribution in [0.15, 0.2) is 18.7 Å². The summed E-state index contributed by atoms with van der Waals surface area (Å²) in [4.78, 5) is 6.83. The van der Waals surface area contributed by atoms with Gasteiger partial charge in [-0.05, 0) is 60.8 Å². The maximum atomic E-state index is 6.46. The molecule has 206 valence electrons. The van der Waals surface area contributed by atoms with Crippen LogP contribution in [-0.2, 0) is 26.6 Å². The van der Waals surface area contributed by atoms with Gasteiger partial charge in [-0.15, -0.1) is 0 Å². The largest absolute Gasteiger partial charge is 0.519 e. The highest BCUT2D eigenvalue weighted by atomic mass is 28.4. The number of aromatic nitrogens is 2. The summed E-state index contributed by atoms with van der Waals surface area (Å²) in [5, 5.41) is 0. The zero-order valence-corrected chi connectivity index (χ0v) is 25.6. The molecule has 1 heterocycles. The van der Waals surface area contributed by atoms with E-state index in [1.165, 1.54) is 0 Å². The predicted octanol–water partition coefficient (Wildman–Crippen LogP) is 4.83. The summed E-state index contributed by atoms with van der Waals surface area (Å²) in [5.74, 6) is 0. The lowest BCUT2D eigenvalue weighted by atomic mass is 10.2. The number of rotatable bonds is 21. The molecular weight excluding hydrogens is 482 g/mol. The minimum absolute atomic E-state index is 0.0334. The molecule has 1 rings (SSSR count). The summed E-state index contributed by atoms with van der Waals surface area (Å²) in [5.41, 5.74) is -0.263. The topological polar surface area (TPSA) is 76.4 Å². The molecule has 3 atom stereocenters. The average Bonchev–Trinajstić information content (AvgIpc) is 3.36. The molecule has 1 aromatic heterocycles. The van der Waals surface area contributed by atoms with Gasteiger partial charge >= 0.3 is 17.6 Å². The fraction of sp³-hybridized carbons (Fsp3) is 0.875. The second-order valence-electron chi connectivity index (χ2n) is 8.00. The fourth-order valence-corrected chi connectivity index (χ4v) is 11.6. The van der Waals surface area contributed by atoms with Crippen molar-refractivity contribution < 1.29 is 26.6 Å². The highest BCUT2D eigenvalue weighted by molar-refractivity contribution is 6.64. The summed E-state index contributed by atoms with van der Waals surface area (Å²) in [6.45, 7) is 21.6. The van der Waals surface area contributed by atoms with E-state index >= 15 is 0 Å². The van der Waals surface area contributed by atoms with Crippen LogP contribution in [-0.4, -0.2) is 83.0 Å². The molecular formula is C24H51N3O6Si2. The Morgan fingerprint density at radius 2 is 1.00 bits per heavy atom. The molecule has 0 fully saturated rings. The molecule has 11 heteroatoms. The lowest BCUT2D eigenvalue weighted by Gasteiger charge is -2.50. The van der Waals surface area contributed by atoms with E-state index in [9.17, 15) is 0 Å². The molecule has 35 heavy (non-hydrogen) atoms. The van der Waals surface area contributed by atoms with Crippen LogP contribution in [0.3, 0.4) is 0 Å². The SMILES string of the molecule is CCO[Si](OCC)(OCC)C(CC)N(C(CC)n1ccnc1)C(CC)[Si](OCC)(OCC)OCC. The van der Waals surface area contributed by atoms with Crippen LogP contribution < -0.4 is 0 Å². The van der Waals surface area contributed by atoms with E-state index in [1.54, 1.807) is 0 Å². The molecule has 0 saturated carbocycles. The zero-order valence-electron chi connectivity index (χ0n) is 23.6. The second-order valence-corrected chi connectivity index (χ2v) is 13.5. The molecule has 0 spiro atoms. The molecule has 9 nitrogen and oxygen atoms in total. The Labute approximate surface area is 216 Å². The minimum Gasteiger partial charge on any atom is -0.373 e. The van der Waals surface area contributed by atoms with Crippen LogP contribution in [0.2, 0.25) is 0 Å². The van der Waals surface area contributed by atoms with Crippen molar-refractivity contribution in [3.63, 3.8) is 0 Å². The summed E-state index contributed by atoms with van der Waals surface area (Å²) < 4.78 is 40.9. The van der Waals surface area contributed by atoms with E-state index in [0.29, 0.717) is 39.6 Å². The van der Waals surface area contributed by atoms with Crippen LogP contribution in [0.5, 0.6) is 0 Å². The average molecular weight is 534 g/mol. The molecule has 0 aliphatic rings. The Balaban J connectivity index is 3.90. The molecule has 0 saturated heterocycles. The molecule has 0 aliphatic heterocycles. The predicted molar refractivity (Wildman–Crippen MR) is 143 cm³/mol. The molecule has 0 aliphatic carbocycles. The van der Waals surface area contributed by atoms with E-state index in [0.717, 1.165) is 19.3 Å². The summed E-state index contributed by atoms with van der Waals surface area (Å²) in [6, 6.07) is 0. The minimum atomic E-state index is -3.16. The summed E-state index contributed by atoms with van der Waals surface area (Å²) in [6.07, 6.45) is 8.07. The van der Waals surface area contributed by atoms with E-state index in [-0.39, 0.29) is 17.5 Å². The van der Waals surface area contributed by atoms with Crippen molar-refractivity contribution in [3.8, 4) is 0 Å². The monoisotopic (exact) mass is 533 g/mol. The molecule has 0 N–H and O–H groups in total. The second kappa shape index (κ2) is 17.0. The van der Waals surface area contributed by atoms with Gasteiger partial charge in [-0.3, -0.25) is 4.90 Å². The van der Waals surface area contributed by atoms with Crippen LogP contribution in [0.1, 0.15) is 87.7 Å². The van der Waals surface area contributed by atoms with Gasteiger partial charge in [0.25, 0.3) is 0 Å². The van der Waals surface area contributed by atoms with Crippen molar-refractivity contribution in [1.29, 1.82) is 0 Å². The maximum Gasteiger partial charge on any atom is 0.519 e. The molecule has 0 bridgehead atoms. The van der Waals surface area contributed by atoms with Gasteiger partial charge in [0, 0.05) is 52.0 Å². The normalized spacial score (nSPS) is 15.5. The van der Waals surface area contributed by atoms with Crippen molar-refractivity contribution >= 4 is 17.6 Å². The standard InChI is InChI=1S/C24H51N3O6Si2/c1-10-22(26-20-19-25-21-26)27(23(11-2)34(28-13-4,29-14-5)30-15-6)24(12-3)35(31-16-7,32-17-8)33-18-9/h19-24H,10-18H2,1-9H3.